The van der Waals surface area contributed by atoms with Gasteiger partial charge in [-0.05, 0) is 62.4 Å². The Bertz CT molecular complexity index is 1030. The minimum atomic E-state index is -0.673. The van der Waals surface area contributed by atoms with Crippen molar-refractivity contribution < 1.29 is 9.90 Å². The van der Waals surface area contributed by atoms with E-state index in [1.807, 2.05) is 50.5 Å². The minimum Gasteiger partial charge on any atom is -0.481 e. The predicted octanol–water partition coefficient (Wildman–Crippen LogP) is 4.73. The number of rotatable bonds is 6. The van der Waals surface area contributed by atoms with Gasteiger partial charge in [0.1, 0.15) is 11.6 Å². The van der Waals surface area contributed by atoms with Crippen molar-refractivity contribution in [2.24, 2.45) is 5.92 Å². The molecule has 7 nitrogen and oxygen atoms in total. The van der Waals surface area contributed by atoms with Gasteiger partial charge in [-0.15, -0.1) is 0 Å². The van der Waals surface area contributed by atoms with Crippen molar-refractivity contribution in [3.8, 4) is 10.6 Å². The lowest BCUT2D eigenvalue weighted by Crippen LogP contribution is -2.36. The normalized spacial score (nSPS) is 18.7. The first-order valence-electron chi connectivity index (χ1n) is 10.1. The standard InChI is InChI=1S/C22H25N5O2S/c1-14-10-11-23-20(12-14)26-19-5-3-4-17(25-19)18-13-24-22(30-18)27(2)16-8-6-15(7-9-16)21(28)29/h3-5,10-13,15-16H,6-9H2,1-2H3,(H,28,29)(H,23,25,26)/t15-,16+. The van der Waals surface area contributed by atoms with Crippen LogP contribution < -0.4 is 10.2 Å². The van der Waals surface area contributed by atoms with Crippen molar-refractivity contribution in [2.45, 2.75) is 38.6 Å². The molecule has 0 saturated heterocycles. The molecule has 0 amide bonds. The highest BCUT2D eigenvalue weighted by atomic mass is 32.1. The molecule has 0 unspecified atom stereocenters. The average molecular weight is 424 g/mol. The van der Waals surface area contributed by atoms with Crippen molar-refractivity contribution in [1.82, 2.24) is 15.0 Å². The SMILES string of the molecule is Cc1ccnc(Nc2cccc(-c3cnc(N(C)[C@H]4CC[C@@H](C(=O)O)CC4)s3)n2)c1. The first kappa shape index (κ1) is 20.3. The van der Waals surface area contributed by atoms with Gasteiger partial charge in [0.05, 0.1) is 16.5 Å². The van der Waals surface area contributed by atoms with E-state index in [9.17, 15) is 9.90 Å². The molecule has 1 aliphatic carbocycles. The first-order chi connectivity index (χ1) is 14.5. The molecule has 30 heavy (non-hydrogen) atoms. The van der Waals surface area contributed by atoms with Crippen LogP contribution in [0.5, 0.6) is 0 Å². The fourth-order valence-corrected chi connectivity index (χ4v) is 4.71. The number of aliphatic carboxylic acids is 1. The molecule has 3 aromatic heterocycles. The molecule has 1 fully saturated rings. The zero-order chi connectivity index (χ0) is 21.1. The summed E-state index contributed by atoms with van der Waals surface area (Å²) in [7, 11) is 2.04. The first-order valence-corrected chi connectivity index (χ1v) is 10.9. The number of hydrogen-bond donors (Lipinski definition) is 2. The van der Waals surface area contributed by atoms with Crippen LogP contribution in [0.25, 0.3) is 10.6 Å². The second-order valence-corrected chi connectivity index (χ2v) is 8.72. The zero-order valence-corrected chi connectivity index (χ0v) is 17.9. The maximum atomic E-state index is 11.2. The van der Waals surface area contributed by atoms with Gasteiger partial charge in [0.2, 0.25) is 0 Å². The molecule has 3 aromatic rings. The number of aromatic nitrogens is 3. The number of anilines is 3. The quantitative estimate of drug-likeness (QED) is 0.592. The lowest BCUT2D eigenvalue weighted by Gasteiger charge is -2.33. The van der Waals surface area contributed by atoms with E-state index in [2.05, 4.69) is 20.2 Å². The van der Waals surface area contributed by atoms with Crippen LogP contribution in [0.15, 0.2) is 42.7 Å². The molecule has 0 aliphatic heterocycles. The summed E-state index contributed by atoms with van der Waals surface area (Å²) in [5, 5.41) is 13.4. The molecule has 1 saturated carbocycles. The van der Waals surface area contributed by atoms with Crippen molar-refractivity contribution in [1.29, 1.82) is 0 Å². The van der Waals surface area contributed by atoms with Crippen LogP contribution in [0.4, 0.5) is 16.8 Å². The van der Waals surface area contributed by atoms with E-state index in [1.54, 1.807) is 17.5 Å². The summed E-state index contributed by atoms with van der Waals surface area (Å²) >= 11 is 1.60. The second kappa shape index (κ2) is 8.79. The molecule has 8 heteroatoms. The molecule has 0 bridgehead atoms. The summed E-state index contributed by atoms with van der Waals surface area (Å²) < 4.78 is 0. The van der Waals surface area contributed by atoms with Crippen molar-refractivity contribution in [3.63, 3.8) is 0 Å². The van der Waals surface area contributed by atoms with Crippen molar-refractivity contribution >= 4 is 34.1 Å². The number of nitrogens with zero attached hydrogens (tertiary/aromatic N) is 4. The second-order valence-electron chi connectivity index (χ2n) is 7.71. The van der Waals surface area contributed by atoms with E-state index < -0.39 is 5.97 Å². The van der Waals surface area contributed by atoms with E-state index in [0.29, 0.717) is 6.04 Å². The molecule has 3 heterocycles. The van der Waals surface area contributed by atoms with E-state index in [-0.39, 0.29) is 5.92 Å². The zero-order valence-electron chi connectivity index (χ0n) is 17.1. The number of thiazole rings is 1. The Kier molecular flexibility index (Phi) is 5.94. The van der Waals surface area contributed by atoms with Gasteiger partial charge < -0.3 is 15.3 Å². The van der Waals surface area contributed by atoms with Crippen LogP contribution in [0, 0.1) is 12.8 Å². The highest BCUT2D eigenvalue weighted by Gasteiger charge is 2.29. The smallest absolute Gasteiger partial charge is 0.306 e. The third-order valence-electron chi connectivity index (χ3n) is 5.56. The van der Waals surface area contributed by atoms with E-state index >= 15 is 0 Å². The molecule has 1 aliphatic rings. The Morgan fingerprint density at radius 2 is 1.97 bits per heavy atom. The number of aryl methyl sites for hydroxylation is 1. The summed E-state index contributed by atoms with van der Waals surface area (Å²) in [4.78, 5) is 28.0. The number of nitrogens with one attached hydrogen (secondary N) is 1. The molecule has 4 rings (SSSR count). The fourth-order valence-electron chi connectivity index (χ4n) is 3.79. The Morgan fingerprint density at radius 3 is 2.70 bits per heavy atom. The maximum absolute atomic E-state index is 11.2. The molecular formula is C22H25N5O2S. The van der Waals surface area contributed by atoms with Gasteiger partial charge in [-0.2, -0.15) is 0 Å². The van der Waals surface area contributed by atoms with Crippen LogP contribution in [0.1, 0.15) is 31.2 Å². The summed E-state index contributed by atoms with van der Waals surface area (Å²) in [5.41, 5.74) is 2.00. The fraction of sp³-hybridized carbons (Fsp3) is 0.364. The maximum Gasteiger partial charge on any atom is 0.306 e. The van der Waals surface area contributed by atoms with E-state index in [1.165, 1.54) is 0 Å². The average Bonchev–Trinajstić information content (AvgIpc) is 3.24. The third-order valence-corrected chi connectivity index (χ3v) is 6.67. The van der Waals surface area contributed by atoms with Crippen LogP contribution in [0.2, 0.25) is 0 Å². The van der Waals surface area contributed by atoms with Gasteiger partial charge in [0.25, 0.3) is 0 Å². The summed E-state index contributed by atoms with van der Waals surface area (Å²) in [6.07, 6.45) is 6.84. The summed E-state index contributed by atoms with van der Waals surface area (Å²) in [6, 6.07) is 10.1. The largest absolute Gasteiger partial charge is 0.481 e. The van der Waals surface area contributed by atoms with Crippen molar-refractivity contribution in [3.05, 3.63) is 48.3 Å². The molecule has 0 radical (unpaired) electrons. The Labute approximate surface area is 179 Å². The number of hydrogen-bond acceptors (Lipinski definition) is 7. The Hall–Kier alpha value is -3.00. The third kappa shape index (κ3) is 4.59. The highest BCUT2D eigenvalue weighted by Crippen LogP contribution is 2.35. The van der Waals surface area contributed by atoms with Gasteiger partial charge in [-0.1, -0.05) is 17.4 Å². The predicted molar refractivity (Wildman–Crippen MR) is 119 cm³/mol. The van der Waals surface area contributed by atoms with Gasteiger partial charge >= 0.3 is 5.97 Å². The van der Waals surface area contributed by atoms with Gasteiger partial charge in [-0.25, -0.2) is 15.0 Å². The Morgan fingerprint density at radius 1 is 1.17 bits per heavy atom. The molecule has 0 aromatic carbocycles. The molecule has 2 N–H and O–H groups in total. The summed E-state index contributed by atoms with van der Waals surface area (Å²) in [5.74, 6) is 0.624. The van der Waals surface area contributed by atoms with E-state index in [0.717, 1.165) is 58.6 Å². The lowest BCUT2D eigenvalue weighted by atomic mass is 9.86. The van der Waals surface area contributed by atoms with E-state index in [4.69, 9.17) is 4.98 Å². The monoisotopic (exact) mass is 423 g/mol. The van der Waals surface area contributed by atoms with Crippen LogP contribution in [-0.4, -0.2) is 39.1 Å². The molecule has 156 valence electrons. The number of pyridine rings is 2. The minimum absolute atomic E-state index is 0.205. The Balaban J connectivity index is 1.45. The highest BCUT2D eigenvalue weighted by molar-refractivity contribution is 7.18. The van der Waals surface area contributed by atoms with Crippen LogP contribution in [-0.2, 0) is 4.79 Å². The van der Waals surface area contributed by atoms with Crippen LogP contribution in [0.3, 0.4) is 0 Å². The molecule has 0 spiro atoms. The molecular weight excluding hydrogens is 398 g/mol. The van der Waals surface area contributed by atoms with Crippen molar-refractivity contribution in [2.75, 3.05) is 17.3 Å². The number of carbonyl (C=O) groups is 1. The van der Waals surface area contributed by atoms with Gasteiger partial charge in [0.15, 0.2) is 5.13 Å². The topological polar surface area (TPSA) is 91.2 Å². The van der Waals surface area contributed by atoms with Gasteiger partial charge in [-0.3, -0.25) is 4.79 Å². The van der Waals surface area contributed by atoms with Gasteiger partial charge in [0, 0.05) is 25.5 Å². The lowest BCUT2D eigenvalue weighted by molar-refractivity contribution is -0.142. The van der Waals surface area contributed by atoms with Crippen LogP contribution >= 0.6 is 11.3 Å². The summed E-state index contributed by atoms with van der Waals surface area (Å²) in [6.45, 7) is 2.03. The number of carboxylic acid groups (broad SMARTS) is 1. The molecule has 0 atom stereocenters. The number of carboxylic acids is 1.